The SMILES string of the molecule is COC(=O)C(C)(F)C1CCCC1. The molecule has 1 atom stereocenters. The Morgan fingerprint density at radius 3 is 2.42 bits per heavy atom. The van der Waals surface area contributed by atoms with Crippen molar-refractivity contribution in [3.63, 3.8) is 0 Å². The minimum Gasteiger partial charge on any atom is -0.467 e. The molecule has 1 saturated carbocycles. The first-order valence-electron chi connectivity index (χ1n) is 4.36. The van der Waals surface area contributed by atoms with Crippen molar-refractivity contribution in [1.82, 2.24) is 0 Å². The van der Waals surface area contributed by atoms with Crippen molar-refractivity contribution in [3.8, 4) is 0 Å². The summed E-state index contributed by atoms with van der Waals surface area (Å²) in [6.07, 6.45) is 3.67. The summed E-state index contributed by atoms with van der Waals surface area (Å²) in [7, 11) is 1.23. The van der Waals surface area contributed by atoms with E-state index in [0.717, 1.165) is 25.7 Å². The quantitative estimate of drug-likeness (QED) is 0.599. The van der Waals surface area contributed by atoms with E-state index in [1.165, 1.54) is 14.0 Å². The third-order valence-electron chi connectivity index (χ3n) is 2.71. The lowest BCUT2D eigenvalue weighted by Crippen LogP contribution is -2.38. The molecule has 0 aromatic heterocycles. The van der Waals surface area contributed by atoms with Crippen LogP contribution >= 0.6 is 0 Å². The summed E-state index contributed by atoms with van der Waals surface area (Å²) in [6, 6.07) is 0. The highest BCUT2D eigenvalue weighted by atomic mass is 19.1. The molecule has 0 aliphatic heterocycles. The lowest BCUT2D eigenvalue weighted by atomic mass is 9.90. The maximum atomic E-state index is 13.7. The van der Waals surface area contributed by atoms with Crippen LogP contribution in [-0.4, -0.2) is 18.7 Å². The van der Waals surface area contributed by atoms with Crippen molar-refractivity contribution in [3.05, 3.63) is 0 Å². The summed E-state index contributed by atoms with van der Waals surface area (Å²) in [5.74, 6) is -0.862. The molecule has 0 amide bonds. The number of methoxy groups -OCH3 is 1. The second-order valence-corrected chi connectivity index (χ2v) is 3.55. The molecule has 2 nitrogen and oxygen atoms in total. The van der Waals surface area contributed by atoms with Crippen molar-refractivity contribution in [2.24, 2.45) is 5.92 Å². The van der Waals surface area contributed by atoms with Crippen LogP contribution in [0.5, 0.6) is 0 Å². The minimum absolute atomic E-state index is 0.134. The number of carbonyl (C=O) groups is 1. The number of hydrogen-bond acceptors (Lipinski definition) is 2. The number of hydrogen-bond donors (Lipinski definition) is 0. The van der Waals surface area contributed by atoms with E-state index in [2.05, 4.69) is 4.74 Å². The van der Waals surface area contributed by atoms with Crippen LogP contribution < -0.4 is 0 Å². The predicted molar refractivity (Wildman–Crippen MR) is 43.5 cm³/mol. The van der Waals surface area contributed by atoms with Gasteiger partial charge in [-0.15, -0.1) is 0 Å². The largest absolute Gasteiger partial charge is 0.467 e. The number of rotatable bonds is 2. The van der Waals surface area contributed by atoms with Gasteiger partial charge in [-0.2, -0.15) is 0 Å². The summed E-state index contributed by atoms with van der Waals surface area (Å²) in [5, 5.41) is 0. The van der Waals surface area contributed by atoms with Crippen LogP contribution in [0.2, 0.25) is 0 Å². The zero-order chi connectivity index (χ0) is 9.19. The molecule has 0 bridgehead atoms. The molecule has 0 saturated heterocycles. The molecule has 0 radical (unpaired) electrons. The van der Waals surface area contributed by atoms with Gasteiger partial charge in [-0.3, -0.25) is 0 Å². The van der Waals surface area contributed by atoms with E-state index in [9.17, 15) is 9.18 Å². The monoisotopic (exact) mass is 174 g/mol. The Balaban J connectivity index is 2.62. The zero-order valence-electron chi connectivity index (χ0n) is 7.60. The Bertz CT molecular complexity index is 171. The smallest absolute Gasteiger partial charge is 0.343 e. The predicted octanol–water partition coefficient (Wildman–Crippen LogP) is 2.08. The Morgan fingerprint density at radius 1 is 1.50 bits per heavy atom. The molecule has 3 heteroatoms. The second-order valence-electron chi connectivity index (χ2n) is 3.55. The highest BCUT2D eigenvalue weighted by Gasteiger charge is 2.43. The average molecular weight is 174 g/mol. The summed E-state index contributed by atoms with van der Waals surface area (Å²) < 4.78 is 18.1. The van der Waals surface area contributed by atoms with Gasteiger partial charge < -0.3 is 4.74 Å². The third-order valence-corrected chi connectivity index (χ3v) is 2.71. The molecule has 1 aliphatic carbocycles. The van der Waals surface area contributed by atoms with Crippen molar-refractivity contribution in [1.29, 1.82) is 0 Å². The summed E-state index contributed by atoms with van der Waals surface area (Å²) in [5.41, 5.74) is -1.77. The number of alkyl halides is 1. The fraction of sp³-hybridized carbons (Fsp3) is 0.889. The molecular weight excluding hydrogens is 159 g/mol. The molecule has 0 heterocycles. The van der Waals surface area contributed by atoms with Crippen molar-refractivity contribution in [2.75, 3.05) is 7.11 Å². The van der Waals surface area contributed by atoms with Crippen LogP contribution in [-0.2, 0) is 9.53 Å². The second kappa shape index (κ2) is 3.42. The van der Waals surface area contributed by atoms with Crippen LogP contribution in [0, 0.1) is 5.92 Å². The van der Waals surface area contributed by atoms with Gasteiger partial charge in [-0.05, 0) is 19.8 Å². The molecule has 70 valence electrons. The van der Waals surface area contributed by atoms with E-state index in [1.54, 1.807) is 0 Å². The zero-order valence-corrected chi connectivity index (χ0v) is 7.60. The maximum absolute atomic E-state index is 13.7. The number of esters is 1. The number of ether oxygens (including phenoxy) is 1. The normalized spacial score (nSPS) is 23.6. The Hall–Kier alpha value is -0.600. The van der Waals surface area contributed by atoms with Crippen LogP contribution in [0.3, 0.4) is 0 Å². The number of halogens is 1. The van der Waals surface area contributed by atoms with Crippen molar-refractivity contribution in [2.45, 2.75) is 38.3 Å². The van der Waals surface area contributed by atoms with Crippen LogP contribution in [0.1, 0.15) is 32.6 Å². The fourth-order valence-corrected chi connectivity index (χ4v) is 1.83. The molecule has 0 aromatic rings. The van der Waals surface area contributed by atoms with Gasteiger partial charge >= 0.3 is 5.97 Å². The molecule has 12 heavy (non-hydrogen) atoms. The first-order valence-corrected chi connectivity index (χ1v) is 4.36. The molecule has 1 fully saturated rings. The van der Waals surface area contributed by atoms with Crippen LogP contribution in [0.25, 0.3) is 0 Å². The van der Waals surface area contributed by atoms with Gasteiger partial charge in [0.05, 0.1) is 7.11 Å². The summed E-state index contributed by atoms with van der Waals surface area (Å²) >= 11 is 0. The third kappa shape index (κ3) is 1.59. The Labute approximate surface area is 72.1 Å². The first kappa shape index (κ1) is 9.49. The highest BCUT2D eigenvalue weighted by molar-refractivity contribution is 5.79. The van der Waals surface area contributed by atoms with E-state index in [4.69, 9.17) is 0 Å². The van der Waals surface area contributed by atoms with Gasteiger partial charge in [0.25, 0.3) is 0 Å². The molecule has 0 spiro atoms. The molecule has 1 unspecified atom stereocenters. The Morgan fingerprint density at radius 2 is 2.00 bits per heavy atom. The molecule has 0 aromatic carbocycles. The van der Waals surface area contributed by atoms with Gasteiger partial charge in [0.1, 0.15) is 0 Å². The van der Waals surface area contributed by atoms with E-state index in [0.29, 0.717) is 0 Å². The minimum atomic E-state index is -1.77. The van der Waals surface area contributed by atoms with E-state index in [-0.39, 0.29) is 5.92 Å². The van der Waals surface area contributed by atoms with E-state index in [1.807, 2.05) is 0 Å². The van der Waals surface area contributed by atoms with Gasteiger partial charge in [0.15, 0.2) is 0 Å². The van der Waals surface area contributed by atoms with Crippen molar-refractivity contribution < 1.29 is 13.9 Å². The van der Waals surface area contributed by atoms with Gasteiger partial charge in [0, 0.05) is 5.92 Å². The molecular formula is C9H15FO2. The maximum Gasteiger partial charge on any atom is 0.343 e. The first-order chi connectivity index (χ1) is 5.59. The average Bonchev–Trinajstić information content (AvgIpc) is 2.55. The lowest BCUT2D eigenvalue weighted by molar-refractivity contribution is -0.157. The van der Waals surface area contributed by atoms with E-state index >= 15 is 0 Å². The highest BCUT2D eigenvalue weighted by Crippen LogP contribution is 2.37. The molecule has 1 aliphatic rings. The molecule has 1 rings (SSSR count). The van der Waals surface area contributed by atoms with Crippen LogP contribution in [0.15, 0.2) is 0 Å². The topological polar surface area (TPSA) is 26.3 Å². The number of carbonyl (C=O) groups excluding carboxylic acids is 1. The molecule has 0 N–H and O–H groups in total. The van der Waals surface area contributed by atoms with Crippen molar-refractivity contribution >= 4 is 5.97 Å². The fourth-order valence-electron chi connectivity index (χ4n) is 1.83. The van der Waals surface area contributed by atoms with Crippen LogP contribution in [0.4, 0.5) is 4.39 Å². The Kier molecular flexibility index (Phi) is 2.70. The summed E-state index contributed by atoms with van der Waals surface area (Å²) in [6.45, 7) is 1.33. The standard InChI is InChI=1S/C9H15FO2/c1-9(10,8(11)12-2)7-5-3-4-6-7/h7H,3-6H2,1-2H3. The van der Waals surface area contributed by atoms with Gasteiger partial charge in [-0.25, -0.2) is 9.18 Å². The lowest BCUT2D eigenvalue weighted by Gasteiger charge is -2.23. The van der Waals surface area contributed by atoms with Gasteiger partial charge in [-0.1, -0.05) is 12.8 Å². The van der Waals surface area contributed by atoms with E-state index < -0.39 is 11.6 Å². The van der Waals surface area contributed by atoms with Gasteiger partial charge in [0.2, 0.25) is 5.67 Å². The summed E-state index contributed by atoms with van der Waals surface area (Å²) in [4.78, 5) is 11.0.